The maximum Gasteiger partial charge on any atom is 0.281 e. The van der Waals surface area contributed by atoms with Gasteiger partial charge in [0.15, 0.2) is 10.8 Å². The van der Waals surface area contributed by atoms with Crippen LogP contribution in [0.2, 0.25) is 0 Å². The quantitative estimate of drug-likeness (QED) is 0.752. The maximum absolute atomic E-state index is 11.7. The van der Waals surface area contributed by atoms with E-state index in [0.29, 0.717) is 16.7 Å². The first-order valence-corrected chi connectivity index (χ1v) is 7.84. The number of fused-ring (bicyclic) bond motifs is 1. The Morgan fingerprint density at radius 2 is 1.76 bits per heavy atom. The van der Waals surface area contributed by atoms with Crippen molar-refractivity contribution in [3.8, 4) is 0 Å². The van der Waals surface area contributed by atoms with E-state index < -0.39 is 15.4 Å². The SMILES string of the molecule is Cc1ccc(C(c2nc3ccccc3o2)S(=O)(=O)O)cc1. The molecular weight excluding hydrogens is 290 g/mol. The second kappa shape index (κ2) is 4.98. The largest absolute Gasteiger partial charge is 0.439 e. The van der Waals surface area contributed by atoms with Crippen LogP contribution in [-0.4, -0.2) is 18.0 Å². The number of oxazole rings is 1. The van der Waals surface area contributed by atoms with E-state index in [0.717, 1.165) is 5.56 Å². The molecule has 1 heterocycles. The number of nitrogens with zero attached hydrogens (tertiary/aromatic N) is 1. The molecule has 2 aromatic carbocycles. The van der Waals surface area contributed by atoms with E-state index in [2.05, 4.69) is 4.98 Å². The highest BCUT2D eigenvalue weighted by atomic mass is 32.2. The highest BCUT2D eigenvalue weighted by Gasteiger charge is 2.32. The molecule has 1 unspecified atom stereocenters. The molecule has 0 saturated heterocycles. The summed E-state index contributed by atoms with van der Waals surface area (Å²) in [4.78, 5) is 4.17. The Labute approximate surface area is 122 Å². The fourth-order valence-electron chi connectivity index (χ4n) is 2.19. The highest BCUT2D eigenvalue weighted by molar-refractivity contribution is 7.86. The topological polar surface area (TPSA) is 80.4 Å². The Bertz CT molecular complexity index is 848. The minimum absolute atomic E-state index is 0.0393. The van der Waals surface area contributed by atoms with Crippen molar-refractivity contribution in [3.05, 3.63) is 65.5 Å². The minimum Gasteiger partial charge on any atom is -0.439 e. The van der Waals surface area contributed by atoms with Crippen LogP contribution in [0.15, 0.2) is 52.9 Å². The number of aromatic nitrogens is 1. The van der Waals surface area contributed by atoms with Gasteiger partial charge in [-0.25, -0.2) is 4.98 Å². The average Bonchev–Trinajstić information content (AvgIpc) is 2.82. The molecule has 5 nitrogen and oxygen atoms in total. The van der Waals surface area contributed by atoms with E-state index in [9.17, 15) is 13.0 Å². The van der Waals surface area contributed by atoms with Gasteiger partial charge >= 0.3 is 0 Å². The second-order valence-corrected chi connectivity index (χ2v) is 6.33. The van der Waals surface area contributed by atoms with Crippen LogP contribution in [0.1, 0.15) is 22.3 Å². The molecule has 0 radical (unpaired) electrons. The molecular formula is C15H13NO4S. The highest BCUT2D eigenvalue weighted by Crippen LogP contribution is 2.31. The Hall–Kier alpha value is -2.18. The third-order valence-corrected chi connectivity index (χ3v) is 4.28. The van der Waals surface area contributed by atoms with Crippen LogP contribution in [0.25, 0.3) is 11.1 Å². The maximum atomic E-state index is 11.7. The van der Waals surface area contributed by atoms with Gasteiger partial charge in [-0.15, -0.1) is 0 Å². The van der Waals surface area contributed by atoms with Gasteiger partial charge in [0.25, 0.3) is 10.1 Å². The lowest BCUT2D eigenvalue weighted by atomic mass is 10.1. The Morgan fingerprint density at radius 1 is 1.10 bits per heavy atom. The summed E-state index contributed by atoms with van der Waals surface area (Å²) in [6.07, 6.45) is 0. The summed E-state index contributed by atoms with van der Waals surface area (Å²) in [5, 5.41) is -1.33. The third-order valence-electron chi connectivity index (χ3n) is 3.21. The normalized spacial score (nSPS) is 13.4. The monoisotopic (exact) mass is 303 g/mol. The first-order valence-electron chi connectivity index (χ1n) is 6.33. The van der Waals surface area contributed by atoms with Crippen LogP contribution in [0.3, 0.4) is 0 Å². The Kier molecular flexibility index (Phi) is 3.27. The van der Waals surface area contributed by atoms with Gasteiger partial charge in [-0.05, 0) is 24.6 Å². The van der Waals surface area contributed by atoms with Crippen LogP contribution >= 0.6 is 0 Å². The Morgan fingerprint density at radius 3 is 2.38 bits per heavy atom. The first kappa shape index (κ1) is 13.8. The average molecular weight is 303 g/mol. The molecule has 1 N–H and O–H groups in total. The van der Waals surface area contributed by atoms with E-state index in [1.54, 1.807) is 48.5 Å². The van der Waals surface area contributed by atoms with Crippen LogP contribution in [0.5, 0.6) is 0 Å². The van der Waals surface area contributed by atoms with Crippen molar-refractivity contribution >= 4 is 21.2 Å². The van der Waals surface area contributed by atoms with E-state index in [-0.39, 0.29) is 5.89 Å². The lowest BCUT2D eigenvalue weighted by Crippen LogP contribution is -2.14. The zero-order chi connectivity index (χ0) is 15.0. The molecule has 1 atom stereocenters. The van der Waals surface area contributed by atoms with E-state index in [1.165, 1.54) is 0 Å². The molecule has 1 aromatic heterocycles. The molecule has 0 fully saturated rings. The van der Waals surface area contributed by atoms with Crippen molar-refractivity contribution in [1.29, 1.82) is 0 Å². The summed E-state index contributed by atoms with van der Waals surface area (Å²) in [5.74, 6) is -0.0393. The van der Waals surface area contributed by atoms with Gasteiger partial charge in [-0.1, -0.05) is 42.0 Å². The summed E-state index contributed by atoms with van der Waals surface area (Å²) < 4.78 is 38.5. The summed E-state index contributed by atoms with van der Waals surface area (Å²) in [7, 11) is -4.39. The van der Waals surface area contributed by atoms with E-state index in [1.807, 2.05) is 6.92 Å². The van der Waals surface area contributed by atoms with E-state index >= 15 is 0 Å². The molecule has 0 aliphatic carbocycles. The molecule has 0 aliphatic rings. The first-order chi connectivity index (χ1) is 9.95. The number of benzene rings is 2. The van der Waals surface area contributed by atoms with Gasteiger partial charge in [0.1, 0.15) is 5.52 Å². The van der Waals surface area contributed by atoms with Gasteiger partial charge in [0.2, 0.25) is 5.89 Å². The molecule has 3 rings (SSSR count). The molecule has 6 heteroatoms. The van der Waals surface area contributed by atoms with Crippen molar-refractivity contribution in [2.45, 2.75) is 12.2 Å². The molecule has 0 spiro atoms. The molecule has 0 saturated carbocycles. The van der Waals surface area contributed by atoms with Gasteiger partial charge < -0.3 is 4.42 Å². The smallest absolute Gasteiger partial charge is 0.281 e. The number of rotatable bonds is 3. The number of hydrogen-bond donors (Lipinski definition) is 1. The number of hydrogen-bond acceptors (Lipinski definition) is 4. The van der Waals surface area contributed by atoms with Crippen molar-refractivity contribution in [2.24, 2.45) is 0 Å². The zero-order valence-electron chi connectivity index (χ0n) is 11.2. The van der Waals surface area contributed by atoms with Gasteiger partial charge in [0.05, 0.1) is 0 Å². The standard InChI is InChI=1S/C15H13NO4S/c1-10-6-8-11(9-7-10)14(21(17,18)19)15-16-12-4-2-3-5-13(12)20-15/h2-9,14H,1H3,(H,17,18,19). The molecule has 0 bridgehead atoms. The summed E-state index contributed by atoms with van der Waals surface area (Å²) in [5.41, 5.74) is 2.43. The molecule has 21 heavy (non-hydrogen) atoms. The van der Waals surface area contributed by atoms with Crippen molar-refractivity contribution in [3.63, 3.8) is 0 Å². The third kappa shape index (κ3) is 2.68. The predicted molar refractivity (Wildman–Crippen MR) is 78.6 cm³/mol. The minimum atomic E-state index is -4.39. The summed E-state index contributed by atoms with van der Waals surface area (Å²) >= 11 is 0. The lowest BCUT2D eigenvalue weighted by molar-refractivity contribution is 0.456. The van der Waals surface area contributed by atoms with Gasteiger partial charge in [-0.3, -0.25) is 4.55 Å². The van der Waals surface area contributed by atoms with Gasteiger partial charge in [0, 0.05) is 0 Å². The zero-order valence-corrected chi connectivity index (χ0v) is 12.0. The Balaban J connectivity index is 2.18. The van der Waals surface area contributed by atoms with E-state index in [4.69, 9.17) is 4.42 Å². The van der Waals surface area contributed by atoms with Crippen LogP contribution < -0.4 is 0 Å². The van der Waals surface area contributed by atoms with Crippen LogP contribution in [0.4, 0.5) is 0 Å². The summed E-state index contributed by atoms with van der Waals surface area (Å²) in [6, 6.07) is 13.8. The van der Waals surface area contributed by atoms with Crippen molar-refractivity contribution in [2.75, 3.05) is 0 Å². The van der Waals surface area contributed by atoms with Gasteiger partial charge in [-0.2, -0.15) is 8.42 Å². The summed E-state index contributed by atoms with van der Waals surface area (Å²) in [6.45, 7) is 1.89. The molecule has 0 amide bonds. The number of aryl methyl sites for hydroxylation is 1. The predicted octanol–water partition coefficient (Wildman–Crippen LogP) is 3.11. The fourth-order valence-corrected chi connectivity index (χ4v) is 3.04. The van der Waals surface area contributed by atoms with Crippen molar-refractivity contribution in [1.82, 2.24) is 4.98 Å². The number of para-hydroxylation sites is 2. The van der Waals surface area contributed by atoms with Crippen LogP contribution in [-0.2, 0) is 10.1 Å². The molecule has 3 aromatic rings. The van der Waals surface area contributed by atoms with Crippen molar-refractivity contribution < 1.29 is 17.4 Å². The second-order valence-electron chi connectivity index (χ2n) is 4.83. The van der Waals surface area contributed by atoms with Crippen LogP contribution in [0, 0.1) is 6.92 Å². The molecule has 0 aliphatic heterocycles. The lowest BCUT2D eigenvalue weighted by Gasteiger charge is -2.10. The molecule has 108 valence electrons. The fraction of sp³-hybridized carbons (Fsp3) is 0.133.